The van der Waals surface area contributed by atoms with Gasteiger partial charge in [0, 0.05) is 28.6 Å². The maximum atomic E-state index is 11.9. The minimum absolute atomic E-state index is 0.391. The molecule has 1 saturated carbocycles. The Kier molecular flexibility index (Phi) is 5.40. The average molecular weight is 394 g/mol. The number of halogens is 1. The molecular formula is C23H24ClN3O. The fraction of sp³-hybridized carbons (Fsp3) is 0.261. The van der Waals surface area contributed by atoms with E-state index in [9.17, 15) is 4.79 Å². The van der Waals surface area contributed by atoms with E-state index in [0.29, 0.717) is 16.6 Å². The zero-order chi connectivity index (χ0) is 19.5. The van der Waals surface area contributed by atoms with Crippen LogP contribution in [-0.4, -0.2) is 16.5 Å². The van der Waals surface area contributed by atoms with E-state index in [0.717, 1.165) is 35.5 Å². The molecule has 28 heavy (non-hydrogen) atoms. The number of nitrogens with one attached hydrogen (secondary N) is 1. The Morgan fingerprint density at radius 1 is 1.04 bits per heavy atom. The van der Waals surface area contributed by atoms with E-state index in [1.807, 2.05) is 54.7 Å². The van der Waals surface area contributed by atoms with E-state index in [1.165, 1.54) is 19.3 Å². The van der Waals surface area contributed by atoms with Crippen molar-refractivity contribution in [3.63, 3.8) is 0 Å². The van der Waals surface area contributed by atoms with E-state index < -0.39 is 5.91 Å². The number of rotatable bonds is 5. The largest absolute Gasteiger partial charge is 0.382 e. The van der Waals surface area contributed by atoms with Crippen molar-refractivity contribution in [2.75, 3.05) is 5.32 Å². The molecule has 5 heteroatoms. The van der Waals surface area contributed by atoms with Crippen molar-refractivity contribution < 1.29 is 4.79 Å². The molecule has 1 aliphatic carbocycles. The molecule has 4 nitrogen and oxygen atoms in total. The highest BCUT2D eigenvalue weighted by atomic mass is 35.5. The summed E-state index contributed by atoms with van der Waals surface area (Å²) < 4.78 is 2.11. The van der Waals surface area contributed by atoms with Crippen LogP contribution >= 0.6 is 11.6 Å². The van der Waals surface area contributed by atoms with E-state index in [-0.39, 0.29) is 0 Å². The lowest BCUT2D eigenvalue weighted by molar-refractivity contribution is 0.100. The van der Waals surface area contributed by atoms with Gasteiger partial charge in [0.25, 0.3) is 5.91 Å². The van der Waals surface area contributed by atoms with E-state index >= 15 is 0 Å². The summed E-state index contributed by atoms with van der Waals surface area (Å²) in [7, 11) is 0. The molecule has 0 radical (unpaired) electrons. The van der Waals surface area contributed by atoms with E-state index in [4.69, 9.17) is 17.3 Å². The lowest BCUT2D eigenvalue weighted by atomic mass is 9.95. The maximum absolute atomic E-state index is 11.9. The predicted octanol–water partition coefficient (Wildman–Crippen LogP) is 5.64. The topological polar surface area (TPSA) is 60.1 Å². The molecular weight excluding hydrogens is 370 g/mol. The molecule has 4 rings (SSSR count). The Hall–Kier alpha value is -2.72. The van der Waals surface area contributed by atoms with Crippen LogP contribution in [0.25, 0.3) is 16.9 Å². The van der Waals surface area contributed by atoms with Crippen molar-refractivity contribution >= 4 is 23.2 Å². The lowest BCUT2D eigenvalue weighted by Gasteiger charge is -2.25. The van der Waals surface area contributed by atoms with Crippen molar-refractivity contribution in [3.05, 3.63) is 71.4 Å². The summed E-state index contributed by atoms with van der Waals surface area (Å²) in [6, 6.07) is 18.0. The van der Waals surface area contributed by atoms with Gasteiger partial charge in [-0.1, -0.05) is 43.0 Å². The molecule has 1 amide bonds. The van der Waals surface area contributed by atoms with Crippen LogP contribution < -0.4 is 11.1 Å². The van der Waals surface area contributed by atoms with Crippen molar-refractivity contribution in [2.24, 2.45) is 5.73 Å². The van der Waals surface area contributed by atoms with Gasteiger partial charge in [-0.3, -0.25) is 4.79 Å². The zero-order valence-corrected chi connectivity index (χ0v) is 16.5. The van der Waals surface area contributed by atoms with Crippen molar-refractivity contribution in [3.8, 4) is 16.9 Å². The second-order valence-electron chi connectivity index (χ2n) is 7.34. The van der Waals surface area contributed by atoms with Gasteiger partial charge in [0.1, 0.15) is 0 Å². The van der Waals surface area contributed by atoms with Gasteiger partial charge in [0.15, 0.2) is 0 Å². The number of nitrogens with two attached hydrogens (primary N) is 1. The molecule has 0 aliphatic heterocycles. The number of anilines is 1. The van der Waals surface area contributed by atoms with Crippen LogP contribution in [-0.2, 0) is 0 Å². The molecule has 3 N–H and O–H groups in total. The third-order valence-corrected chi connectivity index (χ3v) is 5.65. The van der Waals surface area contributed by atoms with Crippen molar-refractivity contribution in [1.29, 1.82) is 0 Å². The highest BCUT2D eigenvalue weighted by Gasteiger charge is 2.17. The molecule has 1 heterocycles. The fourth-order valence-corrected chi connectivity index (χ4v) is 4.07. The van der Waals surface area contributed by atoms with Gasteiger partial charge >= 0.3 is 0 Å². The Morgan fingerprint density at radius 2 is 1.79 bits per heavy atom. The summed E-state index contributed by atoms with van der Waals surface area (Å²) in [5.41, 5.74) is 10.1. The molecule has 0 spiro atoms. The molecule has 0 unspecified atom stereocenters. The summed E-state index contributed by atoms with van der Waals surface area (Å²) in [4.78, 5) is 11.9. The quantitative estimate of drug-likeness (QED) is 0.589. The first kappa shape index (κ1) is 18.6. The average Bonchev–Trinajstić information content (AvgIpc) is 3.19. The smallest absolute Gasteiger partial charge is 0.250 e. The maximum Gasteiger partial charge on any atom is 0.250 e. The lowest BCUT2D eigenvalue weighted by Crippen LogP contribution is -2.24. The number of hydrogen-bond acceptors (Lipinski definition) is 2. The van der Waals surface area contributed by atoms with Crippen LogP contribution in [0.15, 0.2) is 60.8 Å². The Labute approximate surface area is 170 Å². The van der Waals surface area contributed by atoms with Gasteiger partial charge in [-0.15, -0.1) is 0 Å². The fourth-order valence-electron chi connectivity index (χ4n) is 3.95. The number of aromatic nitrogens is 1. The summed E-state index contributed by atoms with van der Waals surface area (Å²) >= 11 is 6.03. The minimum atomic E-state index is -0.407. The second-order valence-corrected chi connectivity index (χ2v) is 7.78. The first-order valence-corrected chi connectivity index (χ1v) is 10.1. The number of nitrogens with zero attached hydrogens (tertiary/aromatic N) is 1. The SMILES string of the molecule is NC(=O)c1ccc(-n2cccc2-c2ccc(Cl)cc2)cc1NC1CCCCC1. The molecule has 144 valence electrons. The van der Waals surface area contributed by atoms with Gasteiger partial charge < -0.3 is 15.6 Å². The highest BCUT2D eigenvalue weighted by Crippen LogP contribution is 2.29. The van der Waals surface area contributed by atoms with Gasteiger partial charge in [-0.05, 0) is 60.9 Å². The molecule has 0 bridgehead atoms. The molecule has 2 aromatic carbocycles. The predicted molar refractivity (Wildman–Crippen MR) is 115 cm³/mol. The van der Waals surface area contributed by atoms with Gasteiger partial charge in [0.05, 0.1) is 11.3 Å². The zero-order valence-electron chi connectivity index (χ0n) is 15.7. The third-order valence-electron chi connectivity index (χ3n) is 5.40. The summed E-state index contributed by atoms with van der Waals surface area (Å²) in [6.07, 6.45) is 8.01. The van der Waals surface area contributed by atoms with Crippen LogP contribution in [0.4, 0.5) is 5.69 Å². The number of amides is 1. The van der Waals surface area contributed by atoms with Crippen molar-refractivity contribution in [2.45, 2.75) is 38.1 Å². The number of carbonyl (C=O) groups excluding carboxylic acids is 1. The third kappa shape index (κ3) is 3.92. The van der Waals surface area contributed by atoms with Crippen LogP contribution in [0.1, 0.15) is 42.5 Å². The van der Waals surface area contributed by atoms with Crippen LogP contribution in [0.3, 0.4) is 0 Å². The number of hydrogen-bond donors (Lipinski definition) is 2. The van der Waals surface area contributed by atoms with E-state index in [2.05, 4.69) is 16.0 Å². The Morgan fingerprint density at radius 3 is 2.50 bits per heavy atom. The molecule has 0 saturated heterocycles. The summed E-state index contributed by atoms with van der Waals surface area (Å²) in [5.74, 6) is -0.407. The van der Waals surface area contributed by atoms with Gasteiger partial charge in [-0.2, -0.15) is 0 Å². The summed E-state index contributed by atoms with van der Waals surface area (Å²) in [5, 5.41) is 4.28. The highest BCUT2D eigenvalue weighted by molar-refractivity contribution is 6.30. The number of carbonyl (C=O) groups is 1. The molecule has 1 aromatic heterocycles. The molecule has 1 aliphatic rings. The normalized spacial score (nSPS) is 14.8. The minimum Gasteiger partial charge on any atom is -0.382 e. The monoisotopic (exact) mass is 393 g/mol. The van der Waals surface area contributed by atoms with Gasteiger partial charge in [0.2, 0.25) is 0 Å². The van der Waals surface area contributed by atoms with Gasteiger partial charge in [-0.25, -0.2) is 0 Å². The van der Waals surface area contributed by atoms with E-state index in [1.54, 1.807) is 0 Å². The van der Waals surface area contributed by atoms with Crippen LogP contribution in [0.2, 0.25) is 5.02 Å². The second kappa shape index (κ2) is 8.11. The number of benzene rings is 2. The number of primary amides is 1. The first-order valence-electron chi connectivity index (χ1n) is 9.76. The van der Waals surface area contributed by atoms with Crippen LogP contribution in [0.5, 0.6) is 0 Å². The molecule has 0 atom stereocenters. The molecule has 1 fully saturated rings. The van der Waals surface area contributed by atoms with Crippen molar-refractivity contribution in [1.82, 2.24) is 4.57 Å². The standard InChI is InChI=1S/C23H24ClN3O/c24-17-10-8-16(9-11-17)22-7-4-14-27(22)19-12-13-20(23(25)28)21(15-19)26-18-5-2-1-3-6-18/h4,7-15,18,26H,1-3,5-6H2,(H2,25,28). The Balaban J connectivity index is 1.71. The Bertz CT molecular complexity index is 972. The first-order chi connectivity index (χ1) is 13.6. The molecule has 3 aromatic rings. The van der Waals surface area contributed by atoms with Crippen LogP contribution in [0, 0.1) is 0 Å². The summed E-state index contributed by atoms with van der Waals surface area (Å²) in [6.45, 7) is 0.